The molecule has 1 saturated heterocycles. The zero-order valence-electron chi connectivity index (χ0n) is 10.8. The summed E-state index contributed by atoms with van der Waals surface area (Å²) in [6.07, 6.45) is 0. The summed E-state index contributed by atoms with van der Waals surface area (Å²) in [5.74, 6) is -0.192. The summed E-state index contributed by atoms with van der Waals surface area (Å²) in [4.78, 5) is 24.5. The average molecular weight is 243 g/mol. The molecule has 1 aliphatic rings. The first-order chi connectivity index (χ1) is 7.80. The van der Waals surface area contributed by atoms with Crippen LogP contribution in [0, 0.1) is 5.92 Å². The van der Waals surface area contributed by atoms with Crippen molar-refractivity contribution in [2.45, 2.75) is 32.4 Å². The minimum absolute atomic E-state index is 0.160. The quantitative estimate of drug-likeness (QED) is 0.626. The van der Waals surface area contributed by atoms with E-state index in [1.54, 1.807) is 6.92 Å². The summed E-state index contributed by atoms with van der Waals surface area (Å²) < 4.78 is 0. The zero-order chi connectivity index (χ0) is 13.2. The molecule has 0 aromatic heterocycles. The molecule has 0 radical (unpaired) electrons. The maximum absolute atomic E-state index is 11.6. The fourth-order valence-corrected chi connectivity index (χ4v) is 1.74. The van der Waals surface area contributed by atoms with Gasteiger partial charge in [-0.1, -0.05) is 13.8 Å². The van der Waals surface area contributed by atoms with Crippen LogP contribution in [0.2, 0.25) is 0 Å². The largest absolute Gasteiger partial charge is 0.387 e. The maximum Gasteiger partial charge on any atom is 0.321 e. The third kappa shape index (κ3) is 2.95. The standard InChI is InChI=1S/C11H21N3O3/c1-7(2)11(17)5-14(6-11)8(3)9(15)13-10(16)12-4/h7-8,17H,5-6H2,1-4H3,(H2,12,13,15,16). The summed E-state index contributed by atoms with van der Waals surface area (Å²) in [6, 6.07) is -0.923. The summed E-state index contributed by atoms with van der Waals surface area (Å²) in [5.41, 5.74) is -0.707. The highest BCUT2D eigenvalue weighted by Gasteiger charge is 2.46. The van der Waals surface area contributed by atoms with Crippen molar-refractivity contribution in [3.63, 3.8) is 0 Å². The van der Waals surface area contributed by atoms with Crippen molar-refractivity contribution in [3.8, 4) is 0 Å². The van der Waals surface area contributed by atoms with E-state index in [4.69, 9.17) is 0 Å². The van der Waals surface area contributed by atoms with Crippen LogP contribution in [0.1, 0.15) is 20.8 Å². The molecule has 0 bridgehead atoms. The first-order valence-corrected chi connectivity index (χ1v) is 5.79. The third-order valence-corrected chi connectivity index (χ3v) is 3.42. The van der Waals surface area contributed by atoms with E-state index in [0.29, 0.717) is 13.1 Å². The number of carbonyl (C=O) groups is 2. The van der Waals surface area contributed by atoms with E-state index in [1.807, 2.05) is 18.7 Å². The van der Waals surface area contributed by atoms with Crippen molar-refractivity contribution in [2.75, 3.05) is 20.1 Å². The Hall–Kier alpha value is -1.14. The lowest BCUT2D eigenvalue weighted by Gasteiger charge is -2.51. The maximum atomic E-state index is 11.6. The van der Waals surface area contributed by atoms with E-state index < -0.39 is 17.7 Å². The molecule has 0 aliphatic carbocycles. The highest BCUT2D eigenvalue weighted by molar-refractivity contribution is 5.96. The molecule has 98 valence electrons. The number of imide groups is 1. The number of aliphatic hydroxyl groups is 1. The lowest BCUT2D eigenvalue weighted by Crippen LogP contribution is -2.68. The van der Waals surface area contributed by atoms with Crippen molar-refractivity contribution < 1.29 is 14.7 Å². The summed E-state index contributed by atoms with van der Waals surface area (Å²) in [7, 11) is 1.45. The van der Waals surface area contributed by atoms with Crippen LogP contribution in [0.25, 0.3) is 0 Å². The van der Waals surface area contributed by atoms with Crippen LogP contribution < -0.4 is 10.6 Å². The first-order valence-electron chi connectivity index (χ1n) is 5.79. The summed E-state index contributed by atoms with van der Waals surface area (Å²) >= 11 is 0. The van der Waals surface area contributed by atoms with Gasteiger partial charge in [-0.2, -0.15) is 0 Å². The van der Waals surface area contributed by atoms with Crippen LogP contribution in [0.5, 0.6) is 0 Å². The van der Waals surface area contributed by atoms with Crippen LogP contribution in [0.3, 0.4) is 0 Å². The smallest absolute Gasteiger partial charge is 0.321 e. The molecule has 1 rings (SSSR count). The Morgan fingerprint density at radius 3 is 2.24 bits per heavy atom. The third-order valence-electron chi connectivity index (χ3n) is 3.42. The number of rotatable bonds is 3. The predicted octanol–water partition coefficient (Wildman–Crippen LogP) is -0.467. The van der Waals surface area contributed by atoms with Crippen LogP contribution in [0.4, 0.5) is 4.79 Å². The average Bonchev–Trinajstić information content (AvgIpc) is 2.22. The van der Waals surface area contributed by atoms with Gasteiger partial charge in [0.05, 0.1) is 11.6 Å². The van der Waals surface area contributed by atoms with Crippen molar-refractivity contribution in [2.24, 2.45) is 5.92 Å². The van der Waals surface area contributed by atoms with Gasteiger partial charge in [0.2, 0.25) is 5.91 Å². The molecular formula is C11H21N3O3. The van der Waals surface area contributed by atoms with Crippen LogP contribution >= 0.6 is 0 Å². The van der Waals surface area contributed by atoms with Gasteiger partial charge in [0.25, 0.3) is 0 Å². The van der Waals surface area contributed by atoms with E-state index in [-0.39, 0.29) is 11.8 Å². The SMILES string of the molecule is CNC(=O)NC(=O)C(C)N1CC(O)(C(C)C)C1. The predicted molar refractivity (Wildman–Crippen MR) is 63.4 cm³/mol. The molecule has 6 heteroatoms. The molecular weight excluding hydrogens is 222 g/mol. The van der Waals surface area contributed by atoms with Crippen LogP contribution in [-0.2, 0) is 4.79 Å². The Morgan fingerprint density at radius 2 is 1.82 bits per heavy atom. The summed E-state index contributed by atoms with van der Waals surface area (Å²) in [5, 5.41) is 14.6. The molecule has 1 fully saturated rings. The Labute approximate surface area is 101 Å². The molecule has 1 aliphatic heterocycles. The number of amides is 3. The Balaban J connectivity index is 2.44. The second-order valence-electron chi connectivity index (χ2n) is 4.91. The highest BCUT2D eigenvalue weighted by atomic mass is 16.3. The van der Waals surface area contributed by atoms with Gasteiger partial charge in [-0.05, 0) is 12.8 Å². The normalized spacial score (nSPS) is 20.6. The topological polar surface area (TPSA) is 81.7 Å². The van der Waals surface area contributed by atoms with Crippen molar-refractivity contribution in [1.29, 1.82) is 0 Å². The second-order valence-corrected chi connectivity index (χ2v) is 4.91. The molecule has 0 aromatic carbocycles. The van der Waals surface area contributed by atoms with E-state index >= 15 is 0 Å². The molecule has 17 heavy (non-hydrogen) atoms. The van der Waals surface area contributed by atoms with Gasteiger partial charge in [-0.3, -0.25) is 15.0 Å². The molecule has 0 spiro atoms. The molecule has 3 amide bonds. The van der Waals surface area contributed by atoms with Gasteiger partial charge in [0.1, 0.15) is 0 Å². The molecule has 6 nitrogen and oxygen atoms in total. The van der Waals surface area contributed by atoms with Gasteiger partial charge in [-0.25, -0.2) is 4.79 Å². The molecule has 3 N–H and O–H groups in total. The fraction of sp³-hybridized carbons (Fsp3) is 0.818. The molecule has 1 unspecified atom stereocenters. The summed E-state index contributed by atoms with van der Waals surface area (Å²) in [6.45, 7) is 6.55. The zero-order valence-corrected chi connectivity index (χ0v) is 10.8. The van der Waals surface area contributed by atoms with Crippen molar-refractivity contribution in [1.82, 2.24) is 15.5 Å². The van der Waals surface area contributed by atoms with Gasteiger partial charge in [-0.15, -0.1) is 0 Å². The van der Waals surface area contributed by atoms with Gasteiger partial charge < -0.3 is 10.4 Å². The Kier molecular flexibility index (Phi) is 4.11. The number of urea groups is 1. The first kappa shape index (κ1) is 13.9. The monoisotopic (exact) mass is 243 g/mol. The number of carbonyl (C=O) groups excluding carboxylic acids is 2. The molecule has 0 saturated carbocycles. The number of nitrogens with zero attached hydrogens (tertiary/aromatic N) is 1. The van der Waals surface area contributed by atoms with E-state index in [9.17, 15) is 14.7 Å². The van der Waals surface area contributed by atoms with Crippen molar-refractivity contribution in [3.05, 3.63) is 0 Å². The fourth-order valence-electron chi connectivity index (χ4n) is 1.74. The van der Waals surface area contributed by atoms with Crippen LogP contribution in [0.15, 0.2) is 0 Å². The Bertz CT molecular complexity index is 311. The van der Waals surface area contributed by atoms with E-state index in [0.717, 1.165) is 0 Å². The highest BCUT2D eigenvalue weighted by Crippen LogP contribution is 2.29. The van der Waals surface area contributed by atoms with Gasteiger partial charge in [0.15, 0.2) is 0 Å². The minimum atomic E-state index is -0.707. The molecule has 1 heterocycles. The molecule has 0 aromatic rings. The number of hydrogen-bond donors (Lipinski definition) is 3. The lowest BCUT2D eigenvalue weighted by atomic mass is 9.82. The number of nitrogens with one attached hydrogen (secondary N) is 2. The number of β-amino-alcohol motifs (C(OH)–C–C–N with tert-alkyl or cyclic N) is 1. The Morgan fingerprint density at radius 1 is 1.29 bits per heavy atom. The molecule has 1 atom stereocenters. The van der Waals surface area contributed by atoms with Gasteiger partial charge >= 0.3 is 6.03 Å². The second kappa shape index (κ2) is 5.01. The van der Waals surface area contributed by atoms with Crippen molar-refractivity contribution >= 4 is 11.9 Å². The number of hydrogen-bond acceptors (Lipinski definition) is 4. The van der Waals surface area contributed by atoms with E-state index in [1.165, 1.54) is 7.05 Å². The lowest BCUT2D eigenvalue weighted by molar-refractivity contribution is -0.153. The van der Waals surface area contributed by atoms with Crippen LogP contribution in [-0.4, -0.2) is 53.7 Å². The number of likely N-dealkylation sites (tertiary alicyclic amines) is 1. The van der Waals surface area contributed by atoms with E-state index in [2.05, 4.69) is 10.6 Å². The minimum Gasteiger partial charge on any atom is -0.387 e. The van der Waals surface area contributed by atoms with Gasteiger partial charge in [0, 0.05) is 20.1 Å².